The summed E-state index contributed by atoms with van der Waals surface area (Å²) in [4.78, 5) is 13.6. The number of carbonyl (C=O) groups is 1. The van der Waals surface area contributed by atoms with E-state index in [0.717, 1.165) is 26.4 Å². The Balaban J connectivity index is 1.85. The van der Waals surface area contributed by atoms with Crippen LogP contribution in [0.25, 0.3) is 11.1 Å². The van der Waals surface area contributed by atoms with Gasteiger partial charge in [0.1, 0.15) is 0 Å². The zero-order chi connectivity index (χ0) is 22.6. The summed E-state index contributed by atoms with van der Waals surface area (Å²) in [5.41, 5.74) is 8.67. The van der Waals surface area contributed by atoms with Gasteiger partial charge in [-0.15, -0.1) is 0 Å². The maximum absolute atomic E-state index is 13.6. The maximum atomic E-state index is 13.6. The van der Waals surface area contributed by atoms with Crippen molar-refractivity contribution in [1.29, 1.82) is 0 Å². The molecule has 0 saturated carbocycles. The number of hydrogen-bond acceptors (Lipinski definition) is 1. The first kappa shape index (κ1) is 23.0. The molecule has 1 aliphatic rings. The van der Waals surface area contributed by atoms with Crippen molar-refractivity contribution in [2.45, 2.75) is 40.3 Å². The van der Waals surface area contributed by atoms with Gasteiger partial charge >= 0.3 is 195 Å². The summed E-state index contributed by atoms with van der Waals surface area (Å²) in [6.07, 6.45) is 0.810. The number of fused-ring (bicyclic) bond motifs is 3. The number of nitrogens with one attached hydrogen (secondary N) is 1. The third kappa shape index (κ3) is 3.80. The second-order valence-electron chi connectivity index (χ2n) is 9.13. The van der Waals surface area contributed by atoms with Crippen molar-refractivity contribution in [2.24, 2.45) is 0 Å². The summed E-state index contributed by atoms with van der Waals surface area (Å²) in [7, 11) is 15.1. The Hall–Kier alpha value is -1.19. The predicted molar refractivity (Wildman–Crippen MR) is 133 cm³/mol. The van der Waals surface area contributed by atoms with Crippen LogP contribution in [-0.4, -0.2) is 11.8 Å². The van der Waals surface area contributed by atoms with Crippen molar-refractivity contribution in [3.8, 4) is 11.1 Å². The first-order valence-corrected chi connectivity index (χ1v) is 26.6. The zero-order valence-corrected chi connectivity index (χ0v) is 23.8. The van der Waals surface area contributed by atoms with E-state index in [4.69, 9.17) is 17.0 Å². The van der Waals surface area contributed by atoms with E-state index >= 15 is 0 Å². The summed E-state index contributed by atoms with van der Waals surface area (Å²) in [6.45, 7) is 10.3. The molecule has 3 aromatic carbocycles. The van der Waals surface area contributed by atoms with Crippen LogP contribution in [0.5, 0.6) is 0 Å². The quantitative estimate of drug-likeness (QED) is 0.305. The third-order valence-electron chi connectivity index (χ3n) is 6.61. The number of aryl methyl sites for hydroxylation is 3. The van der Waals surface area contributed by atoms with Crippen molar-refractivity contribution < 1.29 is 20.6 Å². The molecule has 0 aliphatic heterocycles. The van der Waals surface area contributed by atoms with E-state index in [1.807, 2.05) is 39.0 Å². The first-order valence-electron chi connectivity index (χ1n) is 10.7. The fourth-order valence-corrected chi connectivity index (χ4v) is 22.6. The minimum absolute atomic E-state index is 0.139. The van der Waals surface area contributed by atoms with Crippen LogP contribution >= 0.6 is 17.0 Å². The standard InChI is InChI=1S/C13H9.C10H13NO.C2H7Si.2ClH.Zr/c1-3-7-12-10(5-1)9-11-6-2-4-8-13(11)12;1-6-4-7(2)9(10(11)12)8(3)5-6;1-3-2;;;/h1-5,7-8H,9H2;4-5H,1-3H3,(H2,11,12);3H,1-2H3;2*1H;/q;;;;;+3/p-3. The summed E-state index contributed by atoms with van der Waals surface area (Å²) < 4.78 is 4.33. The molecule has 0 aromatic heterocycles. The van der Waals surface area contributed by atoms with Gasteiger partial charge in [-0.1, -0.05) is 0 Å². The average Bonchev–Trinajstić information content (AvgIpc) is 3.05. The van der Waals surface area contributed by atoms with Crippen molar-refractivity contribution in [3.05, 3.63) is 88.0 Å². The van der Waals surface area contributed by atoms with Crippen molar-refractivity contribution in [3.63, 3.8) is 0 Å². The topological polar surface area (TPSA) is 29.1 Å². The summed E-state index contributed by atoms with van der Waals surface area (Å²) in [5, 5.41) is 0. The van der Waals surface area contributed by atoms with Gasteiger partial charge in [-0.25, -0.2) is 0 Å². The molecule has 2 nitrogen and oxygen atoms in total. The van der Waals surface area contributed by atoms with Crippen LogP contribution in [0.2, 0.25) is 13.1 Å². The Morgan fingerprint density at radius 1 is 0.935 bits per heavy atom. The predicted octanol–water partition coefficient (Wildman–Crippen LogP) is 6.13. The fourth-order valence-electron chi connectivity index (χ4n) is 4.92. The van der Waals surface area contributed by atoms with Gasteiger partial charge in [0, 0.05) is 0 Å². The Morgan fingerprint density at radius 2 is 1.55 bits per heavy atom. The summed E-state index contributed by atoms with van der Waals surface area (Å²) in [6, 6.07) is 18.8. The number of benzene rings is 3. The Bertz CT molecular complexity index is 1200. The molecule has 0 bridgehead atoms. The SMILES string of the molecule is Cc1cc(C)c(C(=O)[NH][Zr]([Cl])([Cl])([c]2cccc3c2Cc2ccccc2-3)[SiH](C)C)c(C)c1. The van der Waals surface area contributed by atoms with Crippen LogP contribution in [0, 0.1) is 20.8 Å². The molecule has 1 amide bonds. The second-order valence-corrected chi connectivity index (χ2v) is 48.8. The van der Waals surface area contributed by atoms with Crippen LogP contribution in [0.1, 0.15) is 38.2 Å². The van der Waals surface area contributed by atoms with Crippen LogP contribution in [0.15, 0.2) is 54.6 Å². The molecule has 3 aromatic rings. The second kappa shape index (κ2) is 7.99. The minimum atomic E-state index is -4.85. The fraction of sp³-hybridized carbons (Fsp3) is 0.240. The van der Waals surface area contributed by atoms with E-state index in [-0.39, 0.29) is 5.91 Å². The van der Waals surface area contributed by atoms with Crippen molar-refractivity contribution in [2.75, 3.05) is 0 Å². The molecule has 0 spiro atoms. The van der Waals surface area contributed by atoms with E-state index in [9.17, 15) is 4.79 Å². The normalized spacial score (nSPS) is 14.0. The van der Waals surface area contributed by atoms with Gasteiger partial charge in [-0.2, -0.15) is 0 Å². The number of carbonyl (C=O) groups excluding carboxylic acids is 1. The van der Waals surface area contributed by atoms with Gasteiger partial charge < -0.3 is 0 Å². The molecule has 0 radical (unpaired) electrons. The molecule has 6 heteroatoms. The summed E-state index contributed by atoms with van der Waals surface area (Å²) >= 11 is -4.85. The van der Waals surface area contributed by atoms with Crippen LogP contribution in [0.3, 0.4) is 0 Å². The molecule has 0 saturated heterocycles. The van der Waals surface area contributed by atoms with Gasteiger partial charge in [-0.3, -0.25) is 0 Å². The van der Waals surface area contributed by atoms with Gasteiger partial charge in [0.2, 0.25) is 0 Å². The Kier molecular flexibility index (Phi) is 5.92. The van der Waals surface area contributed by atoms with Crippen LogP contribution in [-0.2, 0) is 22.3 Å². The van der Waals surface area contributed by atoms with Crippen LogP contribution in [0.4, 0.5) is 0 Å². The van der Waals surface area contributed by atoms with Gasteiger partial charge in [-0.05, 0) is 0 Å². The molecule has 161 valence electrons. The van der Waals surface area contributed by atoms with E-state index < -0.39 is 21.8 Å². The molecule has 0 heterocycles. The van der Waals surface area contributed by atoms with Crippen molar-refractivity contribution >= 4 is 32.1 Å². The van der Waals surface area contributed by atoms with Crippen molar-refractivity contribution in [1.82, 2.24) is 3.26 Å². The number of halogens is 2. The third-order valence-corrected chi connectivity index (χ3v) is 50.6. The van der Waals surface area contributed by atoms with Crippen LogP contribution < -0.4 is 6.53 Å². The molecular formula is C25H28Cl2NOSiZr. The number of amides is 1. The van der Waals surface area contributed by atoms with E-state index in [1.54, 1.807) is 0 Å². The summed E-state index contributed by atoms with van der Waals surface area (Å²) in [5.74, 6) is -1.83. The molecule has 1 aliphatic carbocycles. The number of hydrogen-bond donors (Lipinski definition) is 1. The van der Waals surface area contributed by atoms with Gasteiger partial charge in [0.25, 0.3) is 0 Å². The van der Waals surface area contributed by atoms with E-state index in [0.29, 0.717) is 5.56 Å². The zero-order valence-electron chi connectivity index (χ0n) is 18.6. The van der Waals surface area contributed by atoms with E-state index in [2.05, 4.69) is 52.8 Å². The van der Waals surface area contributed by atoms with E-state index in [1.165, 1.54) is 22.3 Å². The van der Waals surface area contributed by atoms with Gasteiger partial charge in [0.15, 0.2) is 0 Å². The number of rotatable bonds is 4. The Morgan fingerprint density at radius 3 is 2.19 bits per heavy atom. The Labute approximate surface area is 194 Å². The molecule has 0 atom stereocenters. The average molecular weight is 549 g/mol. The molecule has 1 N–H and O–H groups in total. The monoisotopic (exact) mass is 546 g/mol. The molecule has 4 rings (SSSR count). The molecule has 0 fully saturated rings. The van der Waals surface area contributed by atoms with Gasteiger partial charge in [0.05, 0.1) is 0 Å². The molecule has 0 unspecified atom stereocenters. The molecule has 31 heavy (non-hydrogen) atoms. The molecular weight excluding hydrogens is 520 g/mol. The first-order chi connectivity index (χ1) is 14.5.